The molecule has 1 unspecified atom stereocenters. The van der Waals surface area contributed by atoms with Gasteiger partial charge in [-0.05, 0) is 37.3 Å². The van der Waals surface area contributed by atoms with Crippen LogP contribution in [-0.4, -0.2) is 47.0 Å². The number of carbonyl (C=O) groups is 2. The van der Waals surface area contributed by atoms with Crippen LogP contribution in [0.4, 0.5) is 13.2 Å². The molecule has 2 aromatic rings. The van der Waals surface area contributed by atoms with Crippen molar-refractivity contribution in [3.63, 3.8) is 0 Å². The van der Waals surface area contributed by atoms with Crippen molar-refractivity contribution in [3.05, 3.63) is 36.0 Å². The molecule has 1 fully saturated rings. The summed E-state index contributed by atoms with van der Waals surface area (Å²) in [4.78, 5) is 27.4. The van der Waals surface area contributed by atoms with Crippen LogP contribution in [0.1, 0.15) is 24.8 Å². The Hall–Kier alpha value is -2.51. The molecule has 0 saturated carbocycles. The first-order valence-electron chi connectivity index (χ1n) is 8.58. The fourth-order valence-corrected chi connectivity index (χ4v) is 3.39. The molecule has 0 spiro atoms. The first kappa shape index (κ1) is 18.3. The van der Waals surface area contributed by atoms with Crippen LogP contribution in [0.5, 0.6) is 0 Å². The second kappa shape index (κ2) is 7.39. The fourth-order valence-electron chi connectivity index (χ4n) is 3.39. The molecule has 5 nitrogen and oxygen atoms in total. The predicted octanol–water partition coefficient (Wildman–Crippen LogP) is 2.77. The number of rotatable bonds is 5. The maximum absolute atomic E-state index is 12.6. The van der Waals surface area contributed by atoms with E-state index in [4.69, 9.17) is 0 Å². The Balaban J connectivity index is 1.50. The van der Waals surface area contributed by atoms with Gasteiger partial charge < -0.3 is 15.2 Å². The highest BCUT2D eigenvalue weighted by atomic mass is 19.4. The van der Waals surface area contributed by atoms with Crippen LogP contribution in [-0.2, 0) is 16.0 Å². The van der Waals surface area contributed by atoms with Gasteiger partial charge in [-0.1, -0.05) is 18.2 Å². The third-order valence-electron chi connectivity index (χ3n) is 4.66. The summed E-state index contributed by atoms with van der Waals surface area (Å²) in [5.41, 5.74) is 2.17. The van der Waals surface area contributed by atoms with E-state index in [0.717, 1.165) is 22.9 Å². The van der Waals surface area contributed by atoms with E-state index in [2.05, 4.69) is 10.3 Å². The SMILES string of the molecule is O=C(NCCCc1c[nH]c2ccccc12)C1CCCN1C(=O)C(F)(F)F. The maximum Gasteiger partial charge on any atom is 0.471 e. The number of hydrogen-bond acceptors (Lipinski definition) is 2. The van der Waals surface area contributed by atoms with Gasteiger partial charge in [0.25, 0.3) is 0 Å². The third kappa shape index (κ3) is 3.84. The van der Waals surface area contributed by atoms with Crippen molar-refractivity contribution in [1.82, 2.24) is 15.2 Å². The molecule has 2 N–H and O–H groups in total. The molecule has 26 heavy (non-hydrogen) atoms. The third-order valence-corrected chi connectivity index (χ3v) is 4.66. The van der Waals surface area contributed by atoms with Gasteiger partial charge in [0.2, 0.25) is 5.91 Å². The topological polar surface area (TPSA) is 65.2 Å². The summed E-state index contributed by atoms with van der Waals surface area (Å²) in [5.74, 6) is -2.45. The average Bonchev–Trinajstić information content (AvgIpc) is 3.24. The Morgan fingerprint density at radius 3 is 2.81 bits per heavy atom. The van der Waals surface area contributed by atoms with Gasteiger partial charge >= 0.3 is 12.1 Å². The zero-order chi connectivity index (χ0) is 18.7. The number of alkyl halides is 3. The Labute approximate surface area is 148 Å². The smallest absolute Gasteiger partial charge is 0.361 e. The summed E-state index contributed by atoms with van der Waals surface area (Å²) in [6, 6.07) is 6.86. The molecule has 8 heteroatoms. The van der Waals surface area contributed by atoms with Crippen molar-refractivity contribution in [3.8, 4) is 0 Å². The molecule has 1 aromatic carbocycles. The van der Waals surface area contributed by atoms with Crippen molar-refractivity contribution in [2.75, 3.05) is 13.1 Å². The Morgan fingerprint density at radius 1 is 1.27 bits per heavy atom. The Bertz CT molecular complexity index is 800. The lowest BCUT2D eigenvalue weighted by molar-refractivity contribution is -0.186. The first-order valence-corrected chi connectivity index (χ1v) is 8.58. The number of H-pyrrole nitrogens is 1. The number of aromatic nitrogens is 1. The quantitative estimate of drug-likeness (QED) is 0.798. The molecule has 2 heterocycles. The van der Waals surface area contributed by atoms with Gasteiger partial charge in [0, 0.05) is 30.2 Å². The van der Waals surface area contributed by atoms with E-state index >= 15 is 0 Å². The molecule has 3 rings (SSSR count). The Kier molecular flexibility index (Phi) is 5.20. The number of amides is 2. The van der Waals surface area contributed by atoms with Crippen LogP contribution in [0.3, 0.4) is 0 Å². The fraction of sp³-hybridized carbons (Fsp3) is 0.444. The van der Waals surface area contributed by atoms with E-state index in [1.54, 1.807) is 0 Å². The molecular formula is C18H20F3N3O2. The van der Waals surface area contributed by atoms with Crippen molar-refractivity contribution in [1.29, 1.82) is 0 Å². The van der Waals surface area contributed by atoms with Crippen molar-refractivity contribution >= 4 is 22.7 Å². The van der Waals surface area contributed by atoms with E-state index in [0.29, 0.717) is 24.3 Å². The van der Waals surface area contributed by atoms with Crippen LogP contribution in [0, 0.1) is 0 Å². The number of hydrogen-bond donors (Lipinski definition) is 2. The largest absolute Gasteiger partial charge is 0.471 e. The molecule has 1 saturated heterocycles. The molecule has 1 atom stereocenters. The molecular weight excluding hydrogens is 347 g/mol. The number of para-hydroxylation sites is 1. The monoisotopic (exact) mass is 367 g/mol. The second-order valence-electron chi connectivity index (χ2n) is 6.41. The lowest BCUT2D eigenvalue weighted by Crippen LogP contribution is -2.50. The number of carbonyl (C=O) groups excluding carboxylic acids is 2. The standard InChI is InChI=1S/C18H20F3N3O2/c19-18(20,21)17(26)24-10-4-8-15(24)16(25)22-9-3-5-12-11-23-14-7-2-1-6-13(12)14/h1-2,6-7,11,15,23H,3-5,8-10H2,(H,22,25). The minimum atomic E-state index is -4.95. The van der Waals surface area contributed by atoms with Gasteiger partial charge in [0.1, 0.15) is 6.04 Å². The van der Waals surface area contributed by atoms with Crippen LogP contribution < -0.4 is 5.32 Å². The van der Waals surface area contributed by atoms with Crippen molar-refractivity contribution in [2.24, 2.45) is 0 Å². The van der Waals surface area contributed by atoms with Gasteiger partial charge in [-0.25, -0.2) is 0 Å². The number of fused-ring (bicyclic) bond motifs is 1. The molecule has 1 aliphatic heterocycles. The van der Waals surface area contributed by atoms with Gasteiger partial charge in [0.15, 0.2) is 0 Å². The van der Waals surface area contributed by atoms with E-state index in [9.17, 15) is 22.8 Å². The lowest BCUT2D eigenvalue weighted by atomic mass is 10.1. The van der Waals surface area contributed by atoms with Crippen LogP contribution in [0.25, 0.3) is 10.9 Å². The second-order valence-corrected chi connectivity index (χ2v) is 6.41. The van der Waals surface area contributed by atoms with Crippen molar-refractivity contribution < 1.29 is 22.8 Å². The molecule has 1 aromatic heterocycles. The van der Waals surface area contributed by atoms with E-state index in [-0.39, 0.29) is 13.0 Å². The van der Waals surface area contributed by atoms with Crippen LogP contribution in [0.2, 0.25) is 0 Å². The number of nitrogens with one attached hydrogen (secondary N) is 2. The molecule has 0 bridgehead atoms. The average molecular weight is 367 g/mol. The van der Waals surface area contributed by atoms with E-state index in [1.807, 2.05) is 30.5 Å². The van der Waals surface area contributed by atoms with Gasteiger partial charge in [-0.2, -0.15) is 13.2 Å². The number of nitrogens with zero attached hydrogens (tertiary/aromatic N) is 1. The number of aromatic amines is 1. The van der Waals surface area contributed by atoms with Crippen molar-refractivity contribution in [2.45, 2.75) is 37.9 Å². The summed E-state index contributed by atoms with van der Waals surface area (Å²) in [6.07, 6.45) is -0.968. The minimum absolute atomic E-state index is 0.0359. The predicted molar refractivity (Wildman–Crippen MR) is 90.4 cm³/mol. The summed E-state index contributed by atoms with van der Waals surface area (Å²) >= 11 is 0. The van der Waals surface area contributed by atoms with Gasteiger partial charge in [0.05, 0.1) is 0 Å². The molecule has 2 amide bonds. The highest BCUT2D eigenvalue weighted by molar-refractivity contribution is 5.90. The van der Waals surface area contributed by atoms with Crippen LogP contribution in [0.15, 0.2) is 30.5 Å². The van der Waals surface area contributed by atoms with Gasteiger partial charge in [-0.15, -0.1) is 0 Å². The highest BCUT2D eigenvalue weighted by Gasteiger charge is 2.47. The zero-order valence-electron chi connectivity index (χ0n) is 14.1. The lowest BCUT2D eigenvalue weighted by Gasteiger charge is -2.24. The Morgan fingerprint density at radius 2 is 2.04 bits per heavy atom. The summed E-state index contributed by atoms with van der Waals surface area (Å²) in [7, 11) is 0. The van der Waals surface area contributed by atoms with E-state index in [1.165, 1.54) is 0 Å². The first-order chi connectivity index (χ1) is 12.4. The molecule has 140 valence electrons. The van der Waals surface area contributed by atoms with Gasteiger partial charge in [-0.3, -0.25) is 9.59 Å². The molecule has 1 aliphatic rings. The van der Waals surface area contributed by atoms with Crippen LogP contribution >= 0.6 is 0 Å². The number of aryl methyl sites for hydroxylation is 1. The normalized spacial score (nSPS) is 17.7. The summed E-state index contributed by atoms with van der Waals surface area (Å²) in [6.45, 7) is 0.314. The zero-order valence-corrected chi connectivity index (χ0v) is 14.1. The summed E-state index contributed by atoms with van der Waals surface area (Å²) in [5, 5.41) is 3.78. The number of halogens is 3. The minimum Gasteiger partial charge on any atom is -0.361 e. The number of benzene rings is 1. The maximum atomic E-state index is 12.6. The number of likely N-dealkylation sites (tertiary alicyclic amines) is 1. The highest BCUT2D eigenvalue weighted by Crippen LogP contribution is 2.25. The summed E-state index contributed by atoms with van der Waals surface area (Å²) < 4.78 is 37.8. The van der Waals surface area contributed by atoms with E-state index < -0.39 is 24.0 Å². The molecule has 0 radical (unpaired) electrons. The molecule has 0 aliphatic carbocycles.